The first-order valence-electron chi connectivity index (χ1n) is 6.48. The van der Waals surface area contributed by atoms with Crippen LogP contribution in [0.3, 0.4) is 0 Å². The van der Waals surface area contributed by atoms with E-state index in [0.717, 1.165) is 5.69 Å². The van der Waals surface area contributed by atoms with Gasteiger partial charge < -0.3 is 10.6 Å². The summed E-state index contributed by atoms with van der Waals surface area (Å²) in [6, 6.07) is 12.8. The van der Waals surface area contributed by atoms with Gasteiger partial charge in [0, 0.05) is 24.8 Å². The van der Waals surface area contributed by atoms with Crippen LogP contribution in [0.5, 0.6) is 0 Å². The smallest absolute Gasteiger partial charge is 0.147 e. The van der Waals surface area contributed by atoms with Crippen molar-refractivity contribution in [3.8, 4) is 0 Å². The molecule has 0 saturated heterocycles. The molecule has 4 heteroatoms. The SMILES string of the molecule is Cc1ccc(N(C)C(CN)c2cccc(Cl)c2F)cc1. The van der Waals surface area contributed by atoms with Gasteiger partial charge in [0.05, 0.1) is 11.1 Å². The molecule has 2 aromatic rings. The van der Waals surface area contributed by atoms with Gasteiger partial charge in [0.2, 0.25) is 0 Å². The number of nitrogens with zero attached hydrogens (tertiary/aromatic N) is 1. The van der Waals surface area contributed by atoms with Crippen LogP contribution < -0.4 is 10.6 Å². The molecule has 2 aromatic carbocycles. The summed E-state index contributed by atoms with van der Waals surface area (Å²) in [5, 5.41) is 0.123. The van der Waals surface area contributed by atoms with Gasteiger partial charge in [0.1, 0.15) is 5.82 Å². The second-order valence-electron chi connectivity index (χ2n) is 4.84. The normalized spacial score (nSPS) is 12.2. The highest BCUT2D eigenvalue weighted by Crippen LogP contribution is 2.29. The van der Waals surface area contributed by atoms with Gasteiger partial charge in [-0.2, -0.15) is 0 Å². The molecular formula is C16H18ClFN2. The molecule has 0 amide bonds. The molecule has 0 heterocycles. The van der Waals surface area contributed by atoms with Crippen molar-refractivity contribution in [2.24, 2.45) is 5.73 Å². The minimum absolute atomic E-state index is 0.123. The molecule has 0 spiro atoms. The van der Waals surface area contributed by atoms with Crippen molar-refractivity contribution >= 4 is 17.3 Å². The van der Waals surface area contributed by atoms with Gasteiger partial charge in [-0.3, -0.25) is 0 Å². The Hall–Kier alpha value is -1.58. The predicted octanol–water partition coefficient (Wildman–Crippen LogP) is 3.92. The molecule has 1 atom stereocenters. The van der Waals surface area contributed by atoms with E-state index in [2.05, 4.69) is 0 Å². The summed E-state index contributed by atoms with van der Waals surface area (Å²) in [5.41, 5.74) is 8.53. The van der Waals surface area contributed by atoms with Crippen LogP contribution in [0.1, 0.15) is 17.2 Å². The number of anilines is 1. The number of halogens is 2. The fourth-order valence-electron chi connectivity index (χ4n) is 2.23. The molecule has 20 heavy (non-hydrogen) atoms. The van der Waals surface area contributed by atoms with Gasteiger partial charge in [0.25, 0.3) is 0 Å². The van der Waals surface area contributed by atoms with Gasteiger partial charge >= 0.3 is 0 Å². The van der Waals surface area contributed by atoms with Crippen LogP contribution in [0.2, 0.25) is 5.02 Å². The predicted molar refractivity (Wildman–Crippen MR) is 82.8 cm³/mol. The molecule has 0 fully saturated rings. The van der Waals surface area contributed by atoms with Gasteiger partial charge in [-0.05, 0) is 25.1 Å². The number of rotatable bonds is 4. The summed E-state index contributed by atoms with van der Waals surface area (Å²) in [4.78, 5) is 1.97. The molecular weight excluding hydrogens is 275 g/mol. The molecule has 106 valence electrons. The van der Waals surface area contributed by atoms with Crippen molar-refractivity contribution in [3.05, 3.63) is 64.4 Å². The van der Waals surface area contributed by atoms with Gasteiger partial charge in [-0.15, -0.1) is 0 Å². The number of likely N-dealkylation sites (N-methyl/N-ethyl adjacent to an activating group) is 1. The standard InChI is InChI=1S/C16H18ClFN2/c1-11-6-8-12(9-7-11)20(2)15(10-19)13-4-3-5-14(17)16(13)18/h3-9,15H,10,19H2,1-2H3. The molecule has 0 radical (unpaired) electrons. The monoisotopic (exact) mass is 292 g/mol. The van der Waals surface area contributed by atoms with Crippen molar-refractivity contribution in [1.82, 2.24) is 0 Å². The largest absolute Gasteiger partial charge is 0.366 e. The van der Waals surface area contributed by atoms with E-state index < -0.39 is 5.82 Å². The van der Waals surface area contributed by atoms with E-state index in [9.17, 15) is 4.39 Å². The van der Waals surface area contributed by atoms with Crippen molar-refractivity contribution in [1.29, 1.82) is 0 Å². The second kappa shape index (κ2) is 6.25. The lowest BCUT2D eigenvalue weighted by Gasteiger charge is -2.30. The molecule has 0 aliphatic rings. The number of benzene rings is 2. The van der Waals surface area contributed by atoms with E-state index in [1.165, 1.54) is 5.56 Å². The minimum atomic E-state index is -0.399. The highest BCUT2D eigenvalue weighted by Gasteiger charge is 2.20. The lowest BCUT2D eigenvalue weighted by Crippen LogP contribution is -2.31. The summed E-state index contributed by atoms with van der Waals surface area (Å²) >= 11 is 5.85. The fraction of sp³-hybridized carbons (Fsp3) is 0.250. The molecule has 0 aliphatic heterocycles. The van der Waals surface area contributed by atoms with E-state index in [1.54, 1.807) is 18.2 Å². The van der Waals surface area contributed by atoms with E-state index in [1.807, 2.05) is 43.1 Å². The Kier molecular flexibility index (Phi) is 4.63. The topological polar surface area (TPSA) is 29.3 Å². The third-order valence-electron chi connectivity index (χ3n) is 3.47. The van der Waals surface area contributed by atoms with Crippen molar-refractivity contribution in [3.63, 3.8) is 0 Å². The first-order chi connectivity index (χ1) is 9.54. The highest BCUT2D eigenvalue weighted by molar-refractivity contribution is 6.30. The van der Waals surface area contributed by atoms with Crippen LogP contribution >= 0.6 is 11.6 Å². The summed E-state index contributed by atoms with van der Waals surface area (Å²) < 4.78 is 14.2. The Morgan fingerprint density at radius 2 is 1.85 bits per heavy atom. The third kappa shape index (κ3) is 2.94. The first-order valence-corrected chi connectivity index (χ1v) is 6.86. The summed E-state index contributed by atoms with van der Waals surface area (Å²) in [5.74, 6) is -0.399. The molecule has 0 bridgehead atoms. The zero-order valence-corrected chi connectivity index (χ0v) is 12.4. The maximum atomic E-state index is 14.2. The maximum absolute atomic E-state index is 14.2. The first kappa shape index (κ1) is 14.8. The molecule has 0 aromatic heterocycles. The van der Waals surface area contributed by atoms with E-state index in [4.69, 9.17) is 17.3 Å². The second-order valence-corrected chi connectivity index (χ2v) is 5.25. The summed E-state index contributed by atoms with van der Waals surface area (Å²) in [6.45, 7) is 2.34. The van der Waals surface area contributed by atoms with Crippen LogP contribution in [0.25, 0.3) is 0 Å². The Morgan fingerprint density at radius 3 is 2.45 bits per heavy atom. The number of nitrogens with two attached hydrogens (primary N) is 1. The van der Waals surface area contributed by atoms with Crippen LogP contribution in [-0.4, -0.2) is 13.6 Å². The van der Waals surface area contributed by atoms with E-state index in [0.29, 0.717) is 12.1 Å². The van der Waals surface area contributed by atoms with E-state index in [-0.39, 0.29) is 11.1 Å². The summed E-state index contributed by atoms with van der Waals surface area (Å²) in [6.07, 6.45) is 0. The van der Waals surface area contributed by atoms with Crippen molar-refractivity contribution in [2.75, 3.05) is 18.5 Å². The quantitative estimate of drug-likeness (QED) is 0.925. The highest BCUT2D eigenvalue weighted by atomic mass is 35.5. The minimum Gasteiger partial charge on any atom is -0.366 e. The maximum Gasteiger partial charge on any atom is 0.147 e. The van der Waals surface area contributed by atoms with Crippen LogP contribution in [-0.2, 0) is 0 Å². The Labute approximate surface area is 124 Å². The summed E-state index contributed by atoms with van der Waals surface area (Å²) in [7, 11) is 1.91. The van der Waals surface area contributed by atoms with Crippen molar-refractivity contribution < 1.29 is 4.39 Å². The van der Waals surface area contributed by atoms with Gasteiger partial charge in [0.15, 0.2) is 0 Å². The van der Waals surface area contributed by atoms with Crippen LogP contribution in [0.4, 0.5) is 10.1 Å². The zero-order chi connectivity index (χ0) is 14.7. The molecule has 2 nitrogen and oxygen atoms in total. The third-order valence-corrected chi connectivity index (χ3v) is 3.76. The lowest BCUT2D eigenvalue weighted by atomic mass is 10.0. The number of aryl methyl sites for hydroxylation is 1. The molecule has 2 rings (SSSR count). The van der Waals surface area contributed by atoms with Crippen LogP contribution in [0, 0.1) is 12.7 Å². The molecule has 1 unspecified atom stereocenters. The molecule has 2 N–H and O–H groups in total. The molecule has 0 saturated carbocycles. The Bertz CT molecular complexity index is 584. The average Bonchev–Trinajstić information content (AvgIpc) is 2.45. The number of hydrogen-bond acceptors (Lipinski definition) is 2. The van der Waals surface area contributed by atoms with Gasteiger partial charge in [-0.1, -0.05) is 41.4 Å². The average molecular weight is 293 g/mol. The van der Waals surface area contributed by atoms with E-state index >= 15 is 0 Å². The zero-order valence-electron chi connectivity index (χ0n) is 11.6. The van der Waals surface area contributed by atoms with Gasteiger partial charge in [-0.25, -0.2) is 4.39 Å². The lowest BCUT2D eigenvalue weighted by molar-refractivity contribution is 0.573. The molecule has 0 aliphatic carbocycles. The van der Waals surface area contributed by atoms with Crippen molar-refractivity contribution in [2.45, 2.75) is 13.0 Å². The van der Waals surface area contributed by atoms with Crippen LogP contribution in [0.15, 0.2) is 42.5 Å². The fourth-order valence-corrected chi connectivity index (χ4v) is 2.41. The number of hydrogen-bond donors (Lipinski definition) is 1. The Morgan fingerprint density at radius 1 is 1.20 bits per heavy atom. The Balaban J connectivity index is 2.36.